The second-order valence-corrected chi connectivity index (χ2v) is 7.83. The molecule has 0 radical (unpaired) electrons. The Morgan fingerprint density at radius 1 is 0.771 bits per heavy atom. The van der Waals surface area contributed by atoms with Gasteiger partial charge in [0.1, 0.15) is 17.2 Å². The summed E-state index contributed by atoms with van der Waals surface area (Å²) in [5, 5.41) is 3.52. The van der Waals surface area contributed by atoms with Gasteiger partial charge in [0, 0.05) is 22.8 Å². The number of hydrogen-bond donors (Lipinski definition) is 3. The number of H-pyrrole nitrogens is 1. The molecule has 4 N–H and O–H groups in total. The van der Waals surface area contributed by atoms with Crippen molar-refractivity contribution in [2.24, 2.45) is 0 Å². The van der Waals surface area contributed by atoms with Crippen molar-refractivity contribution in [1.29, 1.82) is 0 Å². The van der Waals surface area contributed by atoms with Gasteiger partial charge in [0.2, 0.25) is 0 Å². The molecular formula is C28H21N3O4. The minimum Gasteiger partial charge on any atom is -0.456 e. The van der Waals surface area contributed by atoms with Gasteiger partial charge in [-0.15, -0.1) is 0 Å². The standard InChI is InChI=1S/C28H21N3O4/c29-20-10-14-22(15-11-20)35-28(33)30-21-12-8-18(9-13-21)19-4-3-5-23(16-19)34-26-17-27(32)31-25-7-2-1-6-24(25)26/h1-17H,29H2,(H,30,33)(H,31,32). The summed E-state index contributed by atoms with van der Waals surface area (Å²) in [6, 6.07) is 30.4. The predicted molar refractivity (Wildman–Crippen MR) is 137 cm³/mol. The molecule has 0 bridgehead atoms. The summed E-state index contributed by atoms with van der Waals surface area (Å²) in [7, 11) is 0. The van der Waals surface area contributed by atoms with E-state index in [1.807, 2.05) is 60.7 Å². The largest absolute Gasteiger partial charge is 0.456 e. The van der Waals surface area contributed by atoms with E-state index in [0.29, 0.717) is 34.1 Å². The normalized spacial score (nSPS) is 10.6. The molecule has 7 nitrogen and oxygen atoms in total. The third-order valence-electron chi connectivity index (χ3n) is 5.33. The van der Waals surface area contributed by atoms with Crippen LogP contribution in [0.4, 0.5) is 16.2 Å². The maximum absolute atomic E-state index is 12.2. The second kappa shape index (κ2) is 9.44. The molecule has 0 aliphatic rings. The first-order valence-corrected chi connectivity index (χ1v) is 10.9. The lowest BCUT2D eigenvalue weighted by atomic mass is 10.1. The zero-order valence-electron chi connectivity index (χ0n) is 18.5. The van der Waals surface area contributed by atoms with Crippen LogP contribution >= 0.6 is 0 Å². The SMILES string of the molecule is Nc1ccc(OC(=O)Nc2ccc(-c3cccc(Oc4cc(=O)[nH]c5ccccc45)c3)cc2)cc1. The van der Waals surface area contributed by atoms with Gasteiger partial charge in [0.05, 0.1) is 5.52 Å². The third-order valence-corrected chi connectivity index (χ3v) is 5.33. The van der Waals surface area contributed by atoms with Crippen molar-refractivity contribution in [2.75, 3.05) is 11.1 Å². The molecule has 0 fully saturated rings. The van der Waals surface area contributed by atoms with E-state index in [-0.39, 0.29) is 5.56 Å². The number of aromatic amines is 1. The van der Waals surface area contributed by atoms with Crippen molar-refractivity contribution in [3.05, 3.63) is 113 Å². The fourth-order valence-corrected chi connectivity index (χ4v) is 3.66. The molecule has 5 rings (SSSR count). The molecule has 172 valence electrons. The summed E-state index contributed by atoms with van der Waals surface area (Å²) in [6.45, 7) is 0. The number of hydrogen-bond acceptors (Lipinski definition) is 5. The van der Waals surface area contributed by atoms with Crippen LogP contribution in [0.3, 0.4) is 0 Å². The molecule has 0 unspecified atom stereocenters. The van der Waals surface area contributed by atoms with Crippen LogP contribution in [0.2, 0.25) is 0 Å². The summed E-state index contributed by atoms with van der Waals surface area (Å²) in [4.78, 5) is 27.0. The lowest BCUT2D eigenvalue weighted by Gasteiger charge is -2.11. The number of nitrogens with two attached hydrogens (primary N) is 1. The van der Waals surface area contributed by atoms with Crippen molar-refractivity contribution in [1.82, 2.24) is 4.98 Å². The van der Waals surface area contributed by atoms with Crippen molar-refractivity contribution >= 4 is 28.4 Å². The fraction of sp³-hybridized carbons (Fsp3) is 0. The maximum atomic E-state index is 12.2. The number of rotatable bonds is 5. The average molecular weight is 463 g/mol. The maximum Gasteiger partial charge on any atom is 0.417 e. The first-order valence-electron chi connectivity index (χ1n) is 10.9. The van der Waals surface area contributed by atoms with Crippen LogP contribution in [-0.4, -0.2) is 11.1 Å². The highest BCUT2D eigenvalue weighted by Gasteiger charge is 2.08. The van der Waals surface area contributed by atoms with Crippen LogP contribution in [0.15, 0.2) is 108 Å². The molecule has 1 amide bonds. The van der Waals surface area contributed by atoms with Gasteiger partial charge in [-0.3, -0.25) is 10.1 Å². The molecule has 35 heavy (non-hydrogen) atoms. The number of carbonyl (C=O) groups excluding carboxylic acids is 1. The van der Waals surface area contributed by atoms with Crippen LogP contribution < -0.4 is 26.1 Å². The monoisotopic (exact) mass is 463 g/mol. The summed E-state index contributed by atoms with van der Waals surface area (Å²) in [5.41, 5.74) is 9.17. The van der Waals surface area contributed by atoms with Gasteiger partial charge in [0.15, 0.2) is 0 Å². The van der Waals surface area contributed by atoms with Crippen molar-refractivity contribution in [3.63, 3.8) is 0 Å². The molecule has 7 heteroatoms. The van der Waals surface area contributed by atoms with Crippen LogP contribution in [-0.2, 0) is 0 Å². The number of benzene rings is 4. The predicted octanol–water partition coefficient (Wildman–Crippen LogP) is 6.18. The minimum atomic E-state index is -0.594. The van der Waals surface area contributed by atoms with Crippen LogP contribution in [0.5, 0.6) is 17.2 Å². The molecule has 4 aromatic carbocycles. The van der Waals surface area contributed by atoms with E-state index in [2.05, 4.69) is 10.3 Å². The third kappa shape index (κ3) is 5.15. The first-order chi connectivity index (χ1) is 17.0. The molecule has 1 heterocycles. The topological polar surface area (TPSA) is 106 Å². The number of para-hydroxylation sites is 1. The molecule has 0 saturated heterocycles. The number of nitrogens with one attached hydrogen (secondary N) is 2. The molecule has 5 aromatic rings. The van der Waals surface area contributed by atoms with Crippen molar-refractivity contribution < 1.29 is 14.3 Å². The lowest BCUT2D eigenvalue weighted by Crippen LogP contribution is -2.16. The molecule has 0 spiro atoms. The Morgan fingerprint density at radius 3 is 2.34 bits per heavy atom. The van der Waals surface area contributed by atoms with Gasteiger partial charge in [-0.2, -0.15) is 0 Å². The summed E-state index contributed by atoms with van der Waals surface area (Å²) in [6.07, 6.45) is -0.594. The van der Waals surface area contributed by atoms with E-state index in [0.717, 1.165) is 16.5 Å². The van der Waals surface area contributed by atoms with Crippen LogP contribution in [0.1, 0.15) is 0 Å². The van der Waals surface area contributed by atoms with E-state index in [1.165, 1.54) is 6.07 Å². The Hall–Kier alpha value is -5.04. The Morgan fingerprint density at radius 2 is 1.54 bits per heavy atom. The van der Waals surface area contributed by atoms with Gasteiger partial charge < -0.3 is 20.2 Å². The molecule has 0 aliphatic heterocycles. The second-order valence-electron chi connectivity index (χ2n) is 7.83. The fourth-order valence-electron chi connectivity index (χ4n) is 3.66. The van der Waals surface area contributed by atoms with Crippen molar-refractivity contribution in [2.45, 2.75) is 0 Å². The number of pyridine rings is 1. The first kappa shape index (κ1) is 21.8. The number of fused-ring (bicyclic) bond motifs is 1. The van der Waals surface area contributed by atoms with Gasteiger partial charge in [-0.25, -0.2) is 4.79 Å². The molecule has 0 saturated carbocycles. The number of anilines is 2. The van der Waals surface area contributed by atoms with E-state index >= 15 is 0 Å². The molecule has 1 aromatic heterocycles. The van der Waals surface area contributed by atoms with Gasteiger partial charge in [-0.1, -0.05) is 36.4 Å². The van der Waals surface area contributed by atoms with Gasteiger partial charge in [0.25, 0.3) is 5.56 Å². The number of carbonyl (C=O) groups is 1. The van der Waals surface area contributed by atoms with Crippen molar-refractivity contribution in [3.8, 4) is 28.4 Å². The number of ether oxygens (including phenoxy) is 2. The van der Waals surface area contributed by atoms with Crippen LogP contribution in [0.25, 0.3) is 22.0 Å². The highest BCUT2D eigenvalue weighted by atomic mass is 16.6. The minimum absolute atomic E-state index is 0.229. The van der Waals surface area contributed by atoms with Gasteiger partial charge >= 0.3 is 6.09 Å². The zero-order chi connectivity index (χ0) is 24.2. The van der Waals surface area contributed by atoms with E-state index < -0.39 is 6.09 Å². The van der Waals surface area contributed by atoms with E-state index in [4.69, 9.17) is 15.2 Å². The van der Waals surface area contributed by atoms with E-state index in [1.54, 1.807) is 36.4 Å². The number of aromatic nitrogens is 1. The molecular weight excluding hydrogens is 442 g/mol. The van der Waals surface area contributed by atoms with Gasteiger partial charge in [-0.05, 0) is 71.8 Å². The highest BCUT2D eigenvalue weighted by molar-refractivity contribution is 5.87. The Bertz CT molecular complexity index is 1560. The Balaban J connectivity index is 1.30. The van der Waals surface area contributed by atoms with E-state index in [9.17, 15) is 9.59 Å². The summed E-state index contributed by atoms with van der Waals surface area (Å²) in [5.74, 6) is 1.49. The average Bonchev–Trinajstić information content (AvgIpc) is 2.86. The molecule has 0 aliphatic carbocycles. The molecule has 0 atom stereocenters. The quantitative estimate of drug-likeness (QED) is 0.270. The zero-order valence-corrected chi connectivity index (χ0v) is 18.5. The highest BCUT2D eigenvalue weighted by Crippen LogP contribution is 2.31. The lowest BCUT2D eigenvalue weighted by molar-refractivity contribution is 0.215. The Labute approximate surface area is 200 Å². The summed E-state index contributed by atoms with van der Waals surface area (Å²) < 4.78 is 11.3. The Kier molecular flexibility index (Phi) is 5.88. The van der Waals surface area contributed by atoms with Crippen LogP contribution in [0, 0.1) is 0 Å². The number of nitrogen functional groups attached to an aromatic ring is 1. The number of amides is 1. The summed E-state index contributed by atoms with van der Waals surface area (Å²) >= 11 is 0. The smallest absolute Gasteiger partial charge is 0.417 e.